The lowest BCUT2D eigenvalue weighted by Gasteiger charge is -2.24. The largest absolute Gasteiger partial charge is 0.350 e. The zero-order valence-corrected chi connectivity index (χ0v) is 13.1. The van der Waals surface area contributed by atoms with Crippen LogP contribution in [0.15, 0.2) is 16.7 Å². The minimum atomic E-state index is -0.384. The van der Waals surface area contributed by atoms with E-state index in [0.717, 1.165) is 26.1 Å². The van der Waals surface area contributed by atoms with Crippen LogP contribution >= 0.6 is 15.9 Å². The first-order valence-electron chi connectivity index (χ1n) is 6.15. The van der Waals surface area contributed by atoms with Crippen LogP contribution in [-0.4, -0.2) is 48.5 Å². The maximum Gasteiger partial charge on any atom is 0.312 e. The first-order chi connectivity index (χ1) is 8.95. The van der Waals surface area contributed by atoms with E-state index in [2.05, 4.69) is 20.9 Å². The summed E-state index contributed by atoms with van der Waals surface area (Å²) >= 11 is 3.22. The van der Waals surface area contributed by atoms with Crippen molar-refractivity contribution in [3.63, 3.8) is 0 Å². The minimum Gasteiger partial charge on any atom is -0.350 e. The lowest BCUT2D eigenvalue weighted by molar-refractivity contribution is -0.384. The molecule has 1 aromatic rings. The highest BCUT2D eigenvalue weighted by molar-refractivity contribution is 9.10. The van der Waals surface area contributed by atoms with Crippen LogP contribution in [0.2, 0.25) is 0 Å². The van der Waals surface area contributed by atoms with Crippen LogP contribution in [0.25, 0.3) is 0 Å². The molecule has 0 amide bonds. The molecule has 106 valence electrons. The van der Waals surface area contributed by atoms with E-state index in [9.17, 15) is 10.1 Å². The van der Waals surface area contributed by atoms with Crippen molar-refractivity contribution in [1.29, 1.82) is 0 Å². The fourth-order valence-corrected chi connectivity index (χ4v) is 2.03. The van der Waals surface area contributed by atoms with Gasteiger partial charge >= 0.3 is 5.69 Å². The Morgan fingerprint density at radius 3 is 2.58 bits per heavy atom. The summed E-state index contributed by atoms with van der Waals surface area (Å²) in [6.45, 7) is 4.35. The molecule has 0 aliphatic rings. The third kappa shape index (κ3) is 4.76. The Labute approximate surface area is 121 Å². The average molecular weight is 331 g/mol. The molecule has 1 aromatic heterocycles. The third-order valence-corrected chi connectivity index (χ3v) is 3.05. The second-order valence-electron chi connectivity index (χ2n) is 4.54. The van der Waals surface area contributed by atoms with Crippen molar-refractivity contribution in [1.82, 2.24) is 9.88 Å². The molecule has 19 heavy (non-hydrogen) atoms. The molecular formula is C12H19BrN4O2. The number of pyridine rings is 1. The maximum absolute atomic E-state index is 11.1. The molecule has 0 saturated carbocycles. The van der Waals surface area contributed by atoms with Gasteiger partial charge in [-0.1, -0.05) is 6.92 Å². The fraction of sp³-hybridized carbons (Fsp3) is 0.583. The Morgan fingerprint density at radius 1 is 1.37 bits per heavy atom. The van der Waals surface area contributed by atoms with Gasteiger partial charge in [0.05, 0.1) is 4.92 Å². The van der Waals surface area contributed by atoms with Crippen LogP contribution in [0.4, 0.5) is 11.5 Å². The molecule has 0 aromatic carbocycles. The van der Waals surface area contributed by atoms with Crippen molar-refractivity contribution in [3.05, 3.63) is 26.9 Å². The zero-order valence-electron chi connectivity index (χ0n) is 11.5. The molecule has 0 N–H and O–H groups in total. The van der Waals surface area contributed by atoms with E-state index in [4.69, 9.17) is 0 Å². The summed E-state index contributed by atoms with van der Waals surface area (Å²) in [6.07, 6.45) is 2.52. The number of likely N-dealkylation sites (N-methyl/N-ethyl adjacent to an activating group) is 1. The minimum absolute atomic E-state index is 0.0431. The van der Waals surface area contributed by atoms with Gasteiger partial charge in [-0.25, -0.2) is 4.98 Å². The number of hydrogen-bond donors (Lipinski definition) is 0. The molecular weight excluding hydrogens is 312 g/mol. The topological polar surface area (TPSA) is 62.5 Å². The van der Waals surface area contributed by atoms with Crippen molar-refractivity contribution in [2.75, 3.05) is 38.6 Å². The van der Waals surface area contributed by atoms with Crippen molar-refractivity contribution in [2.45, 2.75) is 13.3 Å². The summed E-state index contributed by atoms with van der Waals surface area (Å²) < 4.78 is 0.618. The van der Waals surface area contributed by atoms with Gasteiger partial charge in [-0.3, -0.25) is 10.1 Å². The monoisotopic (exact) mass is 330 g/mol. The van der Waals surface area contributed by atoms with Crippen LogP contribution in [-0.2, 0) is 0 Å². The molecule has 0 atom stereocenters. The molecule has 0 spiro atoms. The predicted octanol–water partition coefficient (Wildman–Crippen LogP) is 2.53. The predicted molar refractivity (Wildman–Crippen MR) is 79.6 cm³/mol. The van der Waals surface area contributed by atoms with E-state index in [1.807, 2.05) is 30.8 Å². The second-order valence-corrected chi connectivity index (χ2v) is 5.46. The van der Waals surface area contributed by atoms with Crippen LogP contribution in [0.1, 0.15) is 13.3 Å². The molecule has 7 heteroatoms. The van der Waals surface area contributed by atoms with Gasteiger partial charge in [-0.05, 0) is 36.4 Å². The van der Waals surface area contributed by atoms with Gasteiger partial charge in [-0.2, -0.15) is 0 Å². The van der Waals surface area contributed by atoms with E-state index < -0.39 is 0 Å². The molecule has 0 aliphatic carbocycles. The SMILES string of the molecule is CCCN(CCN(C)C)c1ncc(Br)cc1[N+](=O)[O-]. The zero-order chi connectivity index (χ0) is 14.4. The van der Waals surface area contributed by atoms with Crippen LogP contribution in [0.3, 0.4) is 0 Å². The second kappa shape index (κ2) is 7.40. The Morgan fingerprint density at radius 2 is 2.05 bits per heavy atom. The molecule has 0 saturated heterocycles. The van der Waals surface area contributed by atoms with E-state index >= 15 is 0 Å². The number of hydrogen-bond acceptors (Lipinski definition) is 5. The third-order valence-electron chi connectivity index (χ3n) is 2.62. The Hall–Kier alpha value is -1.21. The van der Waals surface area contributed by atoms with Gasteiger partial charge in [-0.15, -0.1) is 0 Å². The van der Waals surface area contributed by atoms with Gasteiger partial charge in [0.1, 0.15) is 0 Å². The summed E-state index contributed by atoms with van der Waals surface area (Å²) in [6, 6.07) is 1.50. The van der Waals surface area contributed by atoms with Gasteiger partial charge < -0.3 is 9.80 Å². The van der Waals surface area contributed by atoms with E-state index in [1.165, 1.54) is 6.07 Å². The highest BCUT2D eigenvalue weighted by Gasteiger charge is 2.21. The van der Waals surface area contributed by atoms with E-state index in [-0.39, 0.29) is 10.6 Å². The van der Waals surface area contributed by atoms with Crippen LogP contribution in [0.5, 0.6) is 0 Å². The van der Waals surface area contributed by atoms with Crippen molar-refractivity contribution < 1.29 is 4.92 Å². The summed E-state index contributed by atoms with van der Waals surface area (Å²) in [7, 11) is 3.96. The lowest BCUT2D eigenvalue weighted by Crippen LogP contribution is -2.33. The molecule has 0 fully saturated rings. The number of nitrogens with zero attached hydrogens (tertiary/aromatic N) is 4. The van der Waals surface area contributed by atoms with Gasteiger partial charge in [0.2, 0.25) is 5.82 Å². The Kier molecular flexibility index (Phi) is 6.17. The number of halogens is 1. The van der Waals surface area contributed by atoms with E-state index in [1.54, 1.807) is 6.20 Å². The fourth-order valence-electron chi connectivity index (χ4n) is 1.71. The molecule has 1 heterocycles. The highest BCUT2D eigenvalue weighted by atomic mass is 79.9. The smallest absolute Gasteiger partial charge is 0.312 e. The lowest BCUT2D eigenvalue weighted by atomic mass is 10.3. The molecule has 0 bridgehead atoms. The van der Waals surface area contributed by atoms with Crippen LogP contribution in [0, 0.1) is 10.1 Å². The average Bonchev–Trinajstić information content (AvgIpc) is 2.34. The number of aromatic nitrogens is 1. The molecule has 1 rings (SSSR count). The maximum atomic E-state index is 11.1. The summed E-state index contributed by atoms with van der Waals surface area (Å²) in [4.78, 5) is 19.0. The summed E-state index contributed by atoms with van der Waals surface area (Å²) in [5, 5.41) is 11.1. The molecule has 0 radical (unpaired) electrons. The standard InChI is InChI=1S/C12H19BrN4O2/c1-4-5-16(7-6-15(2)3)12-11(17(18)19)8-10(13)9-14-12/h8-9H,4-7H2,1-3H3. The normalized spacial score (nSPS) is 10.8. The molecule has 0 aliphatic heterocycles. The van der Waals surface area contributed by atoms with Gasteiger partial charge in [0, 0.05) is 36.4 Å². The number of nitro groups is 1. The Balaban J connectivity index is 3.03. The highest BCUT2D eigenvalue weighted by Crippen LogP contribution is 2.28. The van der Waals surface area contributed by atoms with Crippen LogP contribution < -0.4 is 4.90 Å². The van der Waals surface area contributed by atoms with Crippen molar-refractivity contribution in [3.8, 4) is 0 Å². The van der Waals surface area contributed by atoms with Crippen molar-refractivity contribution in [2.24, 2.45) is 0 Å². The molecule has 6 nitrogen and oxygen atoms in total. The number of anilines is 1. The van der Waals surface area contributed by atoms with Gasteiger partial charge in [0.15, 0.2) is 0 Å². The first-order valence-corrected chi connectivity index (χ1v) is 6.94. The molecule has 0 unspecified atom stereocenters. The quantitative estimate of drug-likeness (QED) is 0.567. The van der Waals surface area contributed by atoms with E-state index in [0.29, 0.717) is 10.3 Å². The first kappa shape index (κ1) is 15.8. The van der Waals surface area contributed by atoms with Crippen molar-refractivity contribution >= 4 is 27.4 Å². The number of rotatable bonds is 7. The summed E-state index contributed by atoms with van der Waals surface area (Å²) in [5.41, 5.74) is 0.0431. The summed E-state index contributed by atoms with van der Waals surface area (Å²) in [5.74, 6) is 0.442. The van der Waals surface area contributed by atoms with Gasteiger partial charge in [0.25, 0.3) is 0 Å². The Bertz CT molecular complexity index is 440.